The van der Waals surface area contributed by atoms with Crippen molar-refractivity contribution in [3.05, 3.63) is 0 Å². The van der Waals surface area contributed by atoms with Gasteiger partial charge >= 0.3 is 0 Å². The van der Waals surface area contributed by atoms with Crippen LogP contribution in [0.5, 0.6) is 0 Å². The summed E-state index contributed by atoms with van der Waals surface area (Å²) in [7, 11) is 0. The van der Waals surface area contributed by atoms with Gasteiger partial charge in [-0.25, -0.2) is 0 Å². The lowest BCUT2D eigenvalue weighted by molar-refractivity contribution is -0.0206. The van der Waals surface area contributed by atoms with Gasteiger partial charge in [0.15, 0.2) is 0 Å². The molecule has 0 unspecified atom stereocenters. The molecule has 0 heterocycles. The third-order valence-corrected chi connectivity index (χ3v) is 8.31. The van der Waals surface area contributed by atoms with Crippen molar-refractivity contribution < 1.29 is 33.2 Å². The summed E-state index contributed by atoms with van der Waals surface area (Å²) in [6, 6.07) is 0. The molecule has 0 radical (unpaired) electrons. The Labute approximate surface area is 287 Å². The molecule has 8 heteroatoms. The highest BCUT2D eigenvalue weighted by molar-refractivity contribution is 14.1. The molecule has 0 fully saturated rings. The number of halogens is 1. The minimum Gasteiger partial charge on any atom is -0.379 e. The average Bonchev–Trinajstić information content (AvgIpc) is 3.04. The molecule has 0 N–H and O–H groups in total. The summed E-state index contributed by atoms with van der Waals surface area (Å²) < 4.78 is 40.2. The molecule has 0 amide bonds. The first-order valence-electron chi connectivity index (χ1n) is 18.5. The minimum atomic E-state index is 0.567. The zero-order chi connectivity index (χ0) is 31.7. The van der Waals surface area contributed by atoms with Crippen molar-refractivity contribution in [3.63, 3.8) is 0 Å². The molecule has 0 aliphatic rings. The van der Waals surface area contributed by atoms with E-state index in [2.05, 4.69) is 29.5 Å². The van der Waals surface area contributed by atoms with E-state index in [0.29, 0.717) is 79.3 Å². The van der Waals surface area contributed by atoms with Crippen LogP contribution in [0.25, 0.3) is 0 Å². The van der Waals surface area contributed by atoms with Crippen molar-refractivity contribution in [1.29, 1.82) is 0 Å². The number of hydrogen-bond acceptors (Lipinski definition) is 7. The second kappa shape index (κ2) is 43.5. The SMILES string of the molecule is CCCCCCCCCCCCCCCCCCOCCOCCOCCOCCOCCOCCOCCCCCCI. The fraction of sp³-hybridized carbons (Fsp3) is 1.00. The summed E-state index contributed by atoms with van der Waals surface area (Å²) in [5.74, 6) is 0. The van der Waals surface area contributed by atoms with Gasteiger partial charge in [0.25, 0.3) is 0 Å². The molecule has 44 heavy (non-hydrogen) atoms. The van der Waals surface area contributed by atoms with E-state index >= 15 is 0 Å². The Hall–Kier alpha value is 0.450. The third kappa shape index (κ3) is 42.5. The van der Waals surface area contributed by atoms with Gasteiger partial charge in [-0.3, -0.25) is 0 Å². The Morgan fingerprint density at radius 1 is 0.250 bits per heavy atom. The summed E-state index contributed by atoms with van der Waals surface area (Å²) in [6.07, 6.45) is 27.3. The van der Waals surface area contributed by atoms with Crippen LogP contribution in [-0.4, -0.2) is 96.9 Å². The van der Waals surface area contributed by atoms with Crippen molar-refractivity contribution in [2.24, 2.45) is 0 Å². The molecule has 0 aromatic carbocycles. The van der Waals surface area contributed by atoms with Crippen molar-refractivity contribution in [2.75, 3.05) is 96.9 Å². The Morgan fingerprint density at radius 2 is 0.455 bits per heavy atom. The molecule has 0 aliphatic heterocycles. The largest absolute Gasteiger partial charge is 0.379 e. The van der Waals surface area contributed by atoms with Gasteiger partial charge in [0, 0.05) is 13.2 Å². The Kier molecular flexibility index (Phi) is 43.9. The number of rotatable bonds is 41. The summed E-state index contributed by atoms with van der Waals surface area (Å²) >= 11 is 2.43. The number of hydrogen-bond donors (Lipinski definition) is 0. The normalized spacial score (nSPS) is 11.6. The molecular formula is C36H73IO7. The predicted octanol–water partition coefficient (Wildman–Crippen LogP) is 9.36. The predicted molar refractivity (Wildman–Crippen MR) is 193 cm³/mol. The molecule has 0 spiro atoms. The standard InChI is InChI=1S/C36H73IO7/c1-2-3-4-5-6-7-8-9-10-11-12-13-14-15-17-20-23-38-25-27-40-29-31-42-33-35-44-36-34-43-32-30-41-28-26-39-24-21-18-16-19-22-37/h2-36H2,1H3. The van der Waals surface area contributed by atoms with Gasteiger partial charge in [-0.1, -0.05) is 139 Å². The van der Waals surface area contributed by atoms with Crippen molar-refractivity contribution >= 4 is 22.6 Å². The van der Waals surface area contributed by atoms with Gasteiger partial charge < -0.3 is 33.2 Å². The first-order valence-corrected chi connectivity index (χ1v) is 20.0. The first kappa shape index (κ1) is 44.5. The zero-order valence-corrected chi connectivity index (χ0v) is 31.1. The highest BCUT2D eigenvalue weighted by Gasteiger charge is 1.97. The van der Waals surface area contributed by atoms with Crippen LogP contribution < -0.4 is 0 Å². The zero-order valence-electron chi connectivity index (χ0n) is 29.0. The molecule has 266 valence electrons. The van der Waals surface area contributed by atoms with E-state index in [4.69, 9.17) is 33.2 Å². The van der Waals surface area contributed by atoms with E-state index in [9.17, 15) is 0 Å². The minimum absolute atomic E-state index is 0.567. The summed E-state index contributed by atoms with van der Waals surface area (Å²) in [5.41, 5.74) is 0. The van der Waals surface area contributed by atoms with Crippen LogP contribution in [0.1, 0.15) is 135 Å². The van der Waals surface area contributed by atoms with Crippen LogP contribution in [0.2, 0.25) is 0 Å². The Morgan fingerprint density at radius 3 is 0.705 bits per heavy atom. The molecule has 0 aromatic heterocycles. The van der Waals surface area contributed by atoms with E-state index in [0.717, 1.165) is 26.1 Å². The number of ether oxygens (including phenoxy) is 7. The van der Waals surface area contributed by atoms with Crippen LogP contribution >= 0.6 is 22.6 Å². The summed E-state index contributed by atoms with van der Waals surface area (Å²) in [4.78, 5) is 0. The van der Waals surface area contributed by atoms with E-state index in [-0.39, 0.29) is 0 Å². The van der Waals surface area contributed by atoms with Crippen LogP contribution in [0, 0.1) is 0 Å². The fourth-order valence-electron chi connectivity index (χ4n) is 4.83. The van der Waals surface area contributed by atoms with Gasteiger partial charge in [-0.15, -0.1) is 0 Å². The molecule has 7 nitrogen and oxygen atoms in total. The van der Waals surface area contributed by atoms with E-state index in [1.807, 2.05) is 0 Å². The average molecular weight is 745 g/mol. The topological polar surface area (TPSA) is 64.6 Å². The molecule has 0 saturated heterocycles. The van der Waals surface area contributed by atoms with Crippen LogP contribution in [0.3, 0.4) is 0 Å². The second-order valence-electron chi connectivity index (χ2n) is 11.7. The number of unbranched alkanes of at least 4 members (excludes halogenated alkanes) is 18. The number of alkyl halides is 1. The van der Waals surface area contributed by atoms with Crippen LogP contribution in [0.15, 0.2) is 0 Å². The van der Waals surface area contributed by atoms with Gasteiger partial charge in [0.05, 0.1) is 79.3 Å². The van der Waals surface area contributed by atoms with Gasteiger partial charge in [0.1, 0.15) is 0 Å². The van der Waals surface area contributed by atoms with Crippen molar-refractivity contribution in [1.82, 2.24) is 0 Å². The highest BCUT2D eigenvalue weighted by atomic mass is 127. The van der Waals surface area contributed by atoms with Gasteiger partial charge in [-0.2, -0.15) is 0 Å². The fourth-order valence-corrected chi connectivity index (χ4v) is 5.37. The first-order chi connectivity index (χ1) is 21.9. The smallest absolute Gasteiger partial charge is 0.0701 e. The summed E-state index contributed by atoms with van der Waals surface area (Å²) in [6.45, 7) is 11.2. The van der Waals surface area contributed by atoms with Crippen LogP contribution in [0.4, 0.5) is 0 Å². The maximum absolute atomic E-state index is 5.69. The molecule has 0 rings (SSSR count). The van der Waals surface area contributed by atoms with E-state index < -0.39 is 0 Å². The van der Waals surface area contributed by atoms with Crippen molar-refractivity contribution in [3.8, 4) is 0 Å². The molecular weight excluding hydrogens is 671 g/mol. The van der Waals surface area contributed by atoms with E-state index in [1.54, 1.807) is 0 Å². The quantitative estimate of drug-likeness (QED) is 0.0351. The second-order valence-corrected chi connectivity index (χ2v) is 12.8. The lowest BCUT2D eigenvalue weighted by atomic mass is 10.0. The molecule has 0 atom stereocenters. The monoisotopic (exact) mass is 744 g/mol. The lowest BCUT2D eigenvalue weighted by Gasteiger charge is -2.08. The highest BCUT2D eigenvalue weighted by Crippen LogP contribution is 2.13. The Bertz CT molecular complexity index is 445. The lowest BCUT2D eigenvalue weighted by Crippen LogP contribution is -2.14. The van der Waals surface area contributed by atoms with Crippen LogP contribution in [-0.2, 0) is 33.2 Å². The third-order valence-electron chi connectivity index (χ3n) is 7.55. The van der Waals surface area contributed by atoms with Crippen molar-refractivity contribution in [2.45, 2.75) is 135 Å². The molecule has 0 saturated carbocycles. The van der Waals surface area contributed by atoms with Gasteiger partial charge in [0.2, 0.25) is 0 Å². The molecule has 0 aliphatic carbocycles. The Balaban J connectivity index is 3.03. The van der Waals surface area contributed by atoms with Gasteiger partial charge in [-0.05, 0) is 23.7 Å². The van der Waals surface area contributed by atoms with E-state index in [1.165, 1.54) is 120 Å². The molecule has 0 bridgehead atoms. The molecule has 0 aromatic rings. The summed E-state index contributed by atoms with van der Waals surface area (Å²) in [5, 5.41) is 0. The maximum atomic E-state index is 5.69. The maximum Gasteiger partial charge on any atom is 0.0701 e.